The average Bonchev–Trinajstić information content (AvgIpc) is 3.24. The molecule has 9 N–H and O–H groups in total. The Balaban J connectivity index is 0.000000638. The van der Waals surface area contributed by atoms with Crippen molar-refractivity contribution < 1.29 is 32.7 Å². The van der Waals surface area contributed by atoms with Crippen LogP contribution < -0.4 is 27.4 Å². The summed E-state index contributed by atoms with van der Waals surface area (Å²) in [6.45, 7) is 2.60. The van der Waals surface area contributed by atoms with Gasteiger partial charge in [0.1, 0.15) is 0 Å². The molecule has 3 rings (SSSR count). The quantitative estimate of drug-likeness (QED) is 0.0794. The number of alkyl halides is 3. The maximum absolute atomic E-state index is 12.2. The SMILES string of the molecule is Cc1[nH]c(=O)c(NCCc2c[nH]c3ccccc23)nc1CC(=O)NCCONC(=N)N.O=C(O)C(F)(F)F. The highest BCUT2D eigenvalue weighted by Crippen LogP contribution is 2.18. The fourth-order valence-electron chi connectivity index (χ4n) is 3.10. The summed E-state index contributed by atoms with van der Waals surface area (Å²) in [5.41, 5.74) is 10.2. The molecule has 0 atom stereocenters. The molecule has 2 aromatic heterocycles. The van der Waals surface area contributed by atoms with Gasteiger partial charge in [0, 0.05) is 35.9 Å². The predicted octanol–water partition coefficient (Wildman–Crippen LogP) is 0.921. The lowest BCUT2D eigenvalue weighted by Crippen LogP contribution is -2.35. The molecule has 13 nitrogen and oxygen atoms in total. The predicted molar refractivity (Wildman–Crippen MR) is 131 cm³/mol. The van der Waals surface area contributed by atoms with Crippen LogP contribution in [0.25, 0.3) is 10.9 Å². The molecule has 2 heterocycles. The second-order valence-electron chi connectivity index (χ2n) is 7.72. The molecule has 38 heavy (non-hydrogen) atoms. The van der Waals surface area contributed by atoms with Crippen molar-refractivity contribution in [1.82, 2.24) is 25.7 Å². The Bertz CT molecular complexity index is 1320. The van der Waals surface area contributed by atoms with Crippen molar-refractivity contribution >= 4 is 34.6 Å². The van der Waals surface area contributed by atoms with E-state index < -0.39 is 12.1 Å². The van der Waals surface area contributed by atoms with Crippen molar-refractivity contribution in [3.63, 3.8) is 0 Å². The Kier molecular flexibility index (Phi) is 10.6. The molecule has 0 saturated heterocycles. The van der Waals surface area contributed by atoms with Crippen LogP contribution in [0.1, 0.15) is 17.0 Å². The summed E-state index contributed by atoms with van der Waals surface area (Å²) in [5.74, 6) is -3.15. The molecule has 0 bridgehead atoms. The maximum atomic E-state index is 12.2. The molecule has 1 amide bonds. The number of nitrogens with zero attached hydrogens (tertiary/aromatic N) is 1. The number of rotatable bonds is 10. The van der Waals surface area contributed by atoms with Gasteiger partial charge < -0.3 is 31.4 Å². The zero-order valence-corrected chi connectivity index (χ0v) is 20.2. The molecule has 1 aromatic carbocycles. The third kappa shape index (κ3) is 9.45. The first kappa shape index (κ1) is 29.6. The molecule has 0 saturated carbocycles. The minimum atomic E-state index is -5.08. The van der Waals surface area contributed by atoms with Gasteiger partial charge in [-0.3, -0.25) is 19.8 Å². The minimum Gasteiger partial charge on any atom is -0.475 e. The van der Waals surface area contributed by atoms with Crippen molar-refractivity contribution in [2.24, 2.45) is 5.73 Å². The molecule has 0 aliphatic rings. The lowest BCUT2D eigenvalue weighted by Gasteiger charge is -2.10. The van der Waals surface area contributed by atoms with Crippen LogP contribution in [0.15, 0.2) is 35.3 Å². The Hall–Kier alpha value is -4.60. The number of carboxylic acid groups (broad SMARTS) is 1. The number of para-hydroxylation sites is 1. The van der Waals surface area contributed by atoms with E-state index in [-0.39, 0.29) is 42.8 Å². The number of halogens is 3. The molecular weight excluding hydrogens is 513 g/mol. The number of anilines is 1. The lowest BCUT2D eigenvalue weighted by atomic mass is 10.1. The normalized spacial score (nSPS) is 10.8. The van der Waals surface area contributed by atoms with Gasteiger partial charge in [-0.15, -0.1) is 0 Å². The number of aromatic nitrogens is 3. The van der Waals surface area contributed by atoms with Gasteiger partial charge in [-0.1, -0.05) is 18.2 Å². The topological polar surface area (TPSA) is 211 Å². The van der Waals surface area contributed by atoms with Gasteiger partial charge in [0.05, 0.1) is 18.7 Å². The molecule has 0 spiro atoms. The van der Waals surface area contributed by atoms with Crippen molar-refractivity contribution in [2.75, 3.05) is 25.0 Å². The molecule has 3 aromatic rings. The first-order valence-corrected chi connectivity index (χ1v) is 11.1. The molecule has 0 aliphatic carbocycles. The first-order chi connectivity index (χ1) is 17.9. The summed E-state index contributed by atoms with van der Waals surface area (Å²) < 4.78 is 31.7. The van der Waals surface area contributed by atoms with Crippen LogP contribution in [0.2, 0.25) is 0 Å². The van der Waals surface area contributed by atoms with Crippen LogP contribution in [0.4, 0.5) is 19.0 Å². The fourth-order valence-corrected chi connectivity index (χ4v) is 3.10. The number of carbonyl (C=O) groups excluding carboxylic acids is 1. The molecule has 0 fully saturated rings. The highest BCUT2D eigenvalue weighted by Gasteiger charge is 2.38. The van der Waals surface area contributed by atoms with Crippen LogP contribution >= 0.6 is 0 Å². The number of aryl methyl sites for hydroxylation is 1. The van der Waals surface area contributed by atoms with Gasteiger partial charge in [0.2, 0.25) is 11.9 Å². The van der Waals surface area contributed by atoms with Crippen LogP contribution in [0.3, 0.4) is 0 Å². The van der Waals surface area contributed by atoms with Gasteiger partial charge >= 0.3 is 12.1 Å². The number of nitrogens with two attached hydrogens (primary N) is 1. The number of aromatic amines is 2. The largest absolute Gasteiger partial charge is 0.490 e. The lowest BCUT2D eigenvalue weighted by molar-refractivity contribution is -0.192. The van der Waals surface area contributed by atoms with Crippen LogP contribution in [-0.4, -0.2) is 63.8 Å². The number of amides is 1. The summed E-state index contributed by atoms with van der Waals surface area (Å²) in [5, 5.41) is 21.0. The maximum Gasteiger partial charge on any atom is 0.490 e. The molecular formula is C22H27F3N8O5. The van der Waals surface area contributed by atoms with E-state index in [2.05, 4.69) is 37.1 Å². The van der Waals surface area contributed by atoms with E-state index in [1.54, 1.807) is 6.92 Å². The molecule has 206 valence electrons. The molecule has 0 aliphatic heterocycles. The minimum absolute atomic E-state index is 0.0138. The summed E-state index contributed by atoms with van der Waals surface area (Å²) in [4.78, 5) is 48.5. The fraction of sp³-hybridized carbons (Fsp3) is 0.318. The number of carboxylic acids is 1. The van der Waals surface area contributed by atoms with E-state index in [9.17, 15) is 22.8 Å². The van der Waals surface area contributed by atoms with E-state index in [1.165, 1.54) is 0 Å². The second-order valence-corrected chi connectivity index (χ2v) is 7.72. The number of benzene rings is 1. The van der Waals surface area contributed by atoms with Gasteiger partial charge in [-0.2, -0.15) is 13.2 Å². The average molecular weight is 541 g/mol. The monoisotopic (exact) mass is 540 g/mol. The summed E-state index contributed by atoms with van der Waals surface area (Å²) in [6, 6.07) is 8.03. The second kappa shape index (κ2) is 13.6. The Morgan fingerprint density at radius 2 is 1.92 bits per heavy atom. The number of fused-ring (bicyclic) bond motifs is 1. The molecule has 0 radical (unpaired) electrons. The number of hydrogen-bond donors (Lipinski definition) is 8. The van der Waals surface area contributed by atoms with E-state index in [0.29, 0.717) is 24.4 Å². The molecule has 16 heteroatoms. The smallest absolute Gasteiger partial charge is 0.475 e. The Morgan fingerprint density at radius 1 is 1.24 bits per heavy atom. The number of nitrogens with one attached hydrogen (secondary N) is 6. The van der Waals surface area contributed by atoms with Gasteiger partial charge in [-0.25, -0.2) is 15.3 Å². The number of carbonyl (C=O) groups is 2. The highest BCUT2D eigenvalue weighted by atomic mass is 19.4. The first-order valence-electron chi connectivity index (χ1n) is 11.1. The Labute approximate surface area is 213 Å². The van der Waals surface area contributed by atoms with Crippen molar-refractivity contribution in [3.05, 3.63) is 57.8 Å². The zero-order chi connectivity index (χ0) is 28.3. The number of hydrogen-bond acceptors (Lipinski definition) is 7. The van der Waals surface area contributed by atoms with Crippen molar-refractivity contribution in [1.29, 1.82) is 5.41 Å². The van der Waals surface area contributed by atoms with E-state index in [0.717, 1.165) is 16.5 Å². The number of H-pyrrole nitrogens is 2. The van der Waals surface area contributed by atoms with Crippen molar-refractivity contribution in [2.45, 2.75) is 25.9 Å². The van der Waals surface area contributed by atoms with Crippen LogP contribution in [0, 0.1) is 12.3 Å². The van der Waals surface area contributed by atoms with Gasteiger partial charge in [-0.05, 0) is 25.0 Å². The van der Waals surface area contributed by atoms with E-state index in [4.69, 9.17) is 25.9 Å². The highest BCUT2D eigenvalue weighted by molar-refractivity contribution is 5.83. The Morgan fingerprint density at radius 3 is 2.58 bits per heavy atom. The van der Waals surface area contributed by atoms with E-state index >= 15 is 0 Å². The van der Waals surface area contributed by atoms with Crippen molar-refractivity contribution in [3.8, 4) is 0 Å². The van der Waals surface area contributed by atoms with E-state index in [1.807, 2.05) is 24.4 Å². The van der Waals surface area contributed by atoms with Crippen LogP contribution in [0.5, 0.6) is 0 Å². The standard InChI is InChI=1S/C20H26N8O3.C2HF3O2/c1-12-16(10-17(29)23-8-9-31-28-20(21)22)27-18(19(30)26-12)24-7-6-13-11-25-15-5-3-2-4-14(13)15;3-2(4,5)1(6)7/h2-5,11,25H,6-10H2,1H3,(H,23,29)(H,24,27)(H,26,30)(H4,21,22,28);(H,6,7). The van der Waals surface area contributed by atoms with Gasteiger partial charge in [0.15, 0.2) is 5.82 Å². The molecule has 0 unspecified atom stereocenters. The zero-order valence-electron chi connectivity index (χ0n) is 20.2. The summed E-state index contributed by atoms with van der Waals surface area (Å²) in [6.07, 6.45) is -2.40. The number of hydroxylamine groups is 1. The van der Waals surface area contributed by atoms with Crippen LogP contribution in [-0.2, 0) is 27.3 Å². The number of aliphatic carboxylic acids is 1. The third-order valence-electron chi connectivity index (χ3n) is 4.84. The van der Waals surface area contributed by atoms with Gasteiger partial charge in [0.25, 0.3) is 5.56 Å². The summed E-state index contributed by atoms with van der Waals surface area (Å²) >= 11 is 0. The number of guanidine groups is 1. The summed E-state index contributed by atoms with van der Waals surface area (Å²) in [7, 11) is 0. The third-order valence-corrected chi connectivity index (χ3v) is 4.84.